The Morgan fingerprint density at radius 3 is 2.80 bits per heavy atom. The molecule has 1 amide bonds. The van der Waals surface area contributed by atoms with Crippen LogP contribution < -0.4 is 0 Å². The third-order valence-corrected chi connectivity index (χ3v) is 3.52. The lowest BCUT2D eigenvalue weighted by Crippen LogP contribution is -2.62. The second kappa shape index (κ2) is 4.10. The average molecular weight is 213 g/mol. The van der Waals surface area contributed by atoms with Crippen molar-refractivity contribution in [3.8, 4) is 0 Å². The number of carbonyl (C=O) groups is 1. The Bertz CT molecular complexity index is 250. The van der Waals surface area contributed by atoms with Crippen molar-refractivity contribution in [2.24, 2.45) is 0 Å². The van der Waals surface area contributed by atoms with Crippen molar-refractivity contribution in [3.05, 3.63) is 0 Å². The summed E-state index contributed by atoms with van der Waals surface area (Å²) < 4.78 is 5.23. The first kappa shape index (κ1) is 10.9. The van der Waals surface area contributed by atoms with Crippen LogP contribution in [0, 0.1) is 0 Å². The molecule has 0 spiro atoms. The number of hydrogen-bond donors (Lipinski definition) is 1. The predicted octanol–water partition coefficient (Wildman–Crippen LogP) is 0.539. The molecular formula is C11H19NO3. The van der Waals surface area contributed by atoms with Crippen molar-refractivity contribution in [1.29, 1.82) is 0 Å². The number of aliphatic hydroxyl groups excluding tert-OH is 1. The van der Waals surface area contributed by atoms with E-state index in [-0.39, 0.29) is 19.1 Å². The molecule has 1 atom stereocenters. The maximum absolute atomic E-state index is 11.8. The Hall–Kier alpha value is -0.610. The first-order valence-corrected chi connectivity index (χ1v) is 5.68. The molecule has 0 aromatic heterocycles. The number of ether oxygens (including phenoxy) is 1. The van der Waals surface area contributed by atoms with E-state index in [0.29, 0.717) is 12.6 Å². The van der Waals surface area contributed by atoms with E-state index in [0.717, 1.165) is 12.8 Å². The summed E-state index contributed by atoms with van der Waals surface area (Å²) in [5, 5.41) is 9.42. The predicted molar refractivity (Wildman–Crippen MR) is 55.4 cm³/mol. The van der Waals surface area contributed by atoms with Crippen LogP contribution in [-0.4, -0.2) is 47.3 Å². The van der Waals surface area contributed by atoms with Crippen LogP contribution in [0.25, 0.3) is 0 Å². The minimum atomic E-state index is -0.510. The van der Waals surface area contributed by atoms with Crippen molar-refractivity contribution in [2.45, 2.75) is 44.2 Å². The van der Waals surface area contributed by atoms with Gasteiger partial charge < -0.3 is 14.7 Å². The highest BCUT2D eigenvalue weighted by Crippen LogP contribution is 2.31. The van der Waals surface area contributed by atoms with Gasteiger partial charge in [-0.15, -0.1) is 0 Å². The molecule has 1 aliphatic carbocycles. The average Bonchev–Trinajstić information content (AvgIpc) is 2.71. The van der Waals surface area contributed by atoms with Crippen LogP contribution in [0.4, 0.5) is 0 Å². The van der Waals surface area contributed by atoms with Crippen LogP contribution in [0.15, 0.2) is 0 Å². The van der Waals surface area contributed by atoms with Crippen molar-refractivity contribution in [1.82, 2.24) is 4.90 Å². The van der Waals surface area contributed by atoms with Gasteiger partial charge >= 0.3 is 0 Å². The van der Waals surface area contributed by atoms with Gasteiger partial charge in [-0.2, -0.15) is 0 Å². The number of rotatable bonds is 2. The zero-order valence-electron chi connectivity index (χ0n) is 9.24. The molecule has 0 aromatic rings. The fourth-order valence-electron chi connectivity index (χ4n) is 2.73. The highest BCUT2D eigenvalue weighted by molar-refractivity contribution is 5.79. The number of carbonyl (C=O) groups excluding carboxylic acids is 1. The molecular weight excluding hydrogens is 194 g/mol. The number of aliphatic hydroxyl groups is 1. The van der Waals surface area contributed by atoms with E-state index in [1.165, 1.54) is 12.8 Å². The van der Waals surface area contributed by atoms with Gasteiger partial charge in [-0.3, -0.25) is 4.79 Å². The summed E-state index contributed by atoms with van der Waals surface area (Å²) in [6, 6.07) is 0.318. The van der Waals surface area contributed by atoms with Crippen LogP contribution in [0.1, 0.15) is 32.6 Å². The van der Waals surface area contributed by atoms with Gasteiger partial charge in [-0.05, 0) is 19.8 Å². The minimum Gasteiger partial charge on any atom is -0.394 e. The van der Waals surface area contributed by atoms with Crippen LogP contribution in [0.5, 0.6) is 0 Å². The summed E-state index contributed by atoms with van der Waals surface area (Å²) in [4.78, 5) is 13.7. The maximum Gasteiger partial charge on any atom is 0.249 e. The zero-order chi connectivity index (χ0) is 10.9. The summed E-state index contributed by atoms with van der Waals surface area (Å²) in [5.74, 6) is 0.0321. The Labute approximate surface area is 90.2 Å². The van der Waals surface area contributed by atoms with Gasteiger partial charge in [0.05, 0.1) is 18.8 Å². The molecule has 2 aliphatic rings. The molecule has 1 saturated carbocycles. The van der Waals surface area contributed by atoms with E-state index in [1.54, 1.807) is 0 Å². The van der Waals surface area contributed by atoms with E-state index in [1.807, 2.05) is 11.8 Å². The van der Waals surface area contributed by atoms with Crippen LogP contribution in [0.3, 0.4) is 0 Å². The van der Waals surface area contributed by atoms with Gasteiger partial charge in [-0.25, -0.2) is 0 Å². The molecule has 2 rings (SSSR count). The lowest BCUT2D eigenvalue weighted by atomic mass is 9.97. The van der Waals surface area contributed by atoms with E-state index >= 15 is 0 Å². The lowest BCUT2D eigenvalue weighted by Gasteiger charge is -2.46. The Balaban J connectivity index is 2.18. The first-order chi connectivity index (χ1) is 7.17. The highest BCUT2D eigenvalue weighted by Gasteiger charge is 2.43. The molecule has 1 N–H and O–H groups in total. The van der Waals surface area contributed by atoms with Crippen LogP contribution >= 0.6 is 0 Å². The number of morpholine rings is 1. The molecule has 1 heterocycles. The lowest BCUT2D eigenvalue weighted by molar-refractivity contribution is -0.165. The van der Waals surface area contributed by atoms with Gasteiger partial charge in [0.2, 0.25) is 5.91 Å². The number of amides is 1. The Morgan fingerprint density at radius 1 is 1.53 bits per heavy atom. The first-order valence-electron chi connectivity index (χ1n) is 5.68. The molecule has 15 heavy (non-hydrogen) atoms. The molecule has 4 nitrogen and oxygen atoms in total. The largest absolute Gasteiger partial charge is 0.394 e. The van der Waals surface area contributed by atoms with Crippen molar-refractivity contribution in [2.75, 3.05) is 19.8 Å². The SMILES string of the molecule is CC1(CO)COCC(=O)N1C1CCCC1. The third kappa shape index (κ3) is 1.88. The molecule has 0 radical (unpaired) electrons. The number of nitrogens with zero attached hydrogens (tertiary/aromatic N) is 1. The molecule has 1 unspecified atom stereocenters. The Morgan fingerprint density at radius 2 is 2.20 bits per heavy atom. The second-order valence-electron chi connectivity index (χ2n) is 4.85. The van der Waals surface area contributed by atoms with E-state index < -0.39 is 5.54 Å². The Kier molecular flexibility index (Phi) is 2.98. The summed E-state index contributed by atoms with van der Waals surface area (Å²) in [6.45, 7) is 2.51. The molecule has 2 fully saturated rings. The summed E-state index contributed by atoms with van der Waals surface area (Å²) in [6.07, 6.45) is 4.52. The molecule has 4 heteroatoms. The smallest absolute Gasteiger partial charge is 0.249 e. The summed E-state index contributed by atoms with van der Waals surface area (Å²) in [7, 11) is 0. The molecule has 86 valence electrons. The van der Waals surface area contributed by atoms with Gasteiger partial charge in [0.15, 0.2) is 0 Å². The topological polar surface area (TPSA) is 49.8 Å². The highest BCUT2D eigenvalue weighted by atomic mass is 16.5. The monoisotopic (exact) mass is 213 g/mol. The summed E-state index contributed by atoms with van der Waals surface area (Å²) >= 11 is 0. The normalized spacial score (nSPS) is 33.7. The fourth-order valence-corrected chi connectivity index (χ4v) is 2.73. The minimum absolute atomic E-state index is 0.0186. The van der Waals surface area contributed by atoms with Gasteiger partial charge in [0.1, 0.15) is 6.61 Å². The van der Waals surface area contributed by atoms with Gasteiger partial charge in [-0.1, -0.05) is 12.8 Å². The van der Waals surface area contributed by atoms with Crippen molar-refractivity contribution >= 4 is 5.91 Å². The van der Waals surface area contributed by atoms with Gasteiger partial charge in [0, 0.05) is 6.04 Å². The standard InChI is InChI=1S/C11H19NO3/c1-11(7-13)8-15-6-10(14)12(11)9-4-2-3-5-9/h9,13H,2-8H2,1H3. The van der Waals surface area contributed by atoms with Crippen molar-refractivity contribution in [3.63, 3.8) is 0 Å². The molecule has 0 bridgehead atoms. The van der Waals surface area contributed by atoms with E-state index in [4.69, 9.17) is 4.74 Å². The van der Waals surface area contributed by atoms with Crippen LogP contribution in [0.2, 0.25) is 0 Å². The maximum atomic E-state index is 11.8. The van der Waals surface area contributed by atoms with Crippen LogP contribution in [-0.2, 0) is 9.53 Å². The van der Waals surface area contributed by atoms with Gasteiger partial charge in [0.25, 0.3) is 0 Å². The van der Waals surface area contributed by atoms with E-state index in [9.17, 15) is 9.90 Å². The summed E-state index contributed by atoms with van der Waals surface area (Å²) in [5.41, 5.74) is -0.510. The molecule has 1 saturated heterocycles. The van der Waals surface area contributed by atoms with Crippen molar-refractivity contribution < 1.29 is 14.6 Å². The van der Waals surface area contributed by atoms with E-state index in [2.05, 4.69) is 0 Å². The fraction of sp³-hybridized carbons (Fsp3) is 0.909. The quantitative estimate of drug-likeness (QED) is 0.728. The number of hydrogen-bond acceptors (Lipinski definition) is 3. The second-order valence-corrected chi connectivity index (χ2v) is 4.85. The third-order valence-electron chi connectivity index (χ3n) is 3.52. The zero-order valence-corrected chi connectivity index (χ0v) is 9.24. The molecule has 1 aliphatic heterocycles. The molecule has 0 aromatic carbocycles.